The molecule has 0 aliphatic rings. The molecule has 0 aliphatic carbocycles. The zero-order chi connectivity index (χ0) is 13.2. The number of hydrogen-bond acceptors (Lipinski definition) is 5. The van der Waals surface area contributed by atoms with E-state index in [0.29, 0.717) is 13.2 Å². The van der Waals surface area contributed by atoms with Crippen molar-refractivity contribution in [2.45, 2.75) is 19.4 Å². The van der Waals surface area contributed by atoms with Crippen LogP contribution in [0.1, 0.15) is 16.2 Å². The molecule has 0 saturated carbocycles. The van der Waals surface area contributed by atoms with Crippen LogP contribution in [0.3, 0.4) is 0 Å². The molecular formula is C12H19NO4S. The third-order valence-corrected chi connectivity index (χ3v) is 3.31. The Morgan fingerprint density at radius 2 is 2.11 bits per heavy atom. The zero-order valence-corrected chi connectivity index (χ0v) is 11.0. The van der Waals surface area contributed by atoms with Gasteiger partial charge in [-0.15, -0.1) is 11.3 Å². The van der Waals surface area contributed by atoms with Gasteiger partial charge in [-0.25, -0.2) is 0 Å². The van der Waals surface area contributed by atoms with Crippen LogP contribution in [0.2, 0.25) is 0 Å². The van der Waals surface area contributed by atoms with Crippen molar-refractivity contribution in [2.75, 3.05) is 26.4 Å². The van der Waals surface area contributed by atoms with Gasteiger partial charge in [0.15, 0.2) is 0 Å². The summed E-state index contributed by atoms with van der Waals surface area (Å²) in [4.78, 5) is 12.5. The predicted octanol–water partition coefficient (Wildman–Crippen LogP) is 0.864. The number of hydrogen-bond donors (Lipinski definition) is 3. The highest BCUT2D eigenvalue weighted by atomic mass is 32.1. The molecule has 6 heteroatoms. The lowest BCUT2D eigenvalue weighted by atomic mass is 10.3. The Kier molecular flexibility index (Phi) is 7.59. The molecule has 3 N–H and O–H groups in total. The van der Waals surface area contributed by atoms with E-state index in [-0.39, 0.29) is 13.0 Å². The summed E-state index contributed by atoms with van der Waals surface area (Å²) in [6, 6.07) is 3.82. The van der Waals surface area contributed by atoms with E-state index in [1.165, 1.54) is 11.3 Å². The maximum Gasteiger partial charge on any atom is 0.308 e. The molecule has 0 amide bonds. The minimum atomic E-state index is -0.794. The maximum atomic E-state index is 10.5. The van der Waals surface area contributed by atoms with Gasteiger partial charge in [0.05, 0.1) is 19.6 Å². The molecule has 0 bridgehead atoms. The molecule has 1 aromatic rings. The molecule has 0 radical (unpaired) electrons. The fraction of sp³-hybridized carbons (Fsp3) is 0.583. The Morgan fingerprint density at radius 1 is 1.33 bits per heavy atom. The van der Waals surface area contributed by atoms with Crippen molar-refractivity contribution < 1.29 is 19.7 Å². The van der Waals surface area contributed by atoms with Gasteiger partial charge >= 0.3 is 5.97 Å². The molecule has 1 rings (SSSR count). The summed E-state index contributed by atoms with van der Waals surface area (Å²) in [7, 11) is 0. The first kappa shape index (κ1) is 15.1. The second-order valence-electron chi connectivity index (χ2n) is 3.80. The minimum Gasteiger partial charge on any atom is -0.481 e. The number of aliphatic carboxylic acids is 1. The molecule has 0 fully saturated rings. The van der Waals surface area contributed by atoms with Crippen molar-refractivity contribution in [1.82, 2.24) is 5.32 Å². The van der Waals surface area contributed by atoms with Gasteiger partial charge in [0.1, 0.15) is 0 Å². The van der Waals surface area contributed by atoms with Crippen LogP contribution >= 0.6 is 11.3 Å². The summed E-state index contributed by atoms with van der Waals surface area (Å²) in [6.07, 6.45) is 0.993. The third kappa shape index (κ3) is 6.70. The van der Waals surface area contributed by atoms with E-state index < -0.39 is 5.97 Å². The molecule has 0 spiro atoms. The van der Waals surface area contributed by atoms with Gasteiger partial charge in [-0.3, -0.25) is 4.79 Å². The molecule has 102 valence electrons. The Bertz CT molecular complexity index is 354. The first-order chi connectivity index (χ1) is 8.72. The van der Waals surface area contributed by atoms with Crippen LogP contribution in [0, 0.1) is 0 Å². The Balaban J connectivity index is 2.08. The molecule has 0 unspecified atom stereocenters. The highest BCUT2D eigenvalue weighted by Gasteiger charge is 2.04. The fourth-order valence-electron chi connectivity index (χ4n) is 1.44. The average molecular weight is 273 g/mol. The van der Waals surface area contributed by atoms with E-state index in [4.69, 9.17) is 14.9 Å². The SMILES string of the molecule is O=C(O)Cc1ccc(CNCCCOCCO)s1. The highest BCUT2D eigenvalue weighted by molar-refractivity contribution is 7.12. The summed E-state index contributed by atoms with van der Waals surface area (Å²) < 4.78 is 5.13. The van der Waals surface area contributed by atoms with Gasteiger partial charge in [0.2, 0.25) is 0 Å². The Labute approximate surface area is 110 Å². The van der Waals surface area contributed by atoms with Crippen molar-refractivity contribution >= 4 is 17.3 Å². The normalized spacial score (nSPS) is 10.7. The third-order valence-electron chi connectivity index (χ3n) is 2.22. The number of carboxylic acids is 1. The smallest absolute Gasteiger partial charge is 0.308 e. The standard InChI is InChI=1S/C12H19NO4S/c14-5-7-17-6-1-4-13-9-11-3-2-10(18-11)8-12(15)16/h2-3,13-14H,1,4-9H2,(H,15,16). The quantitative estimate of drug-likeness (QED) is 0.551. The van der Waals surface area contributed by atoms with E-state index in [0.717, 1.165) is 29.3 Å². The van der Waals surface area contributed by atoms with E-state index >= 15 is 0 Å². The number of thiophene rings is 1. The van der Waals surface area contributed by atoms with Crippen LogP contribution in [0.5, 0.6) is 0 Å². The zero-order valence-electron chi connectivity index (χ0n) is 10.2. The molecule has 1 heterocycles. The minimum absolute atomic E-state index is 0.0645. The first-order valence-electron chi connectivity index (χ1n) is 5.91. The number of nitrogens with one attached hydrogen (secondary N) is 1. The second-order valence-corrected chi connectivity index (χ2v) is 5.06. The molecule has 0 saturated heterocycles. The average Bonchev–Trinajstić information content (AvgIpc) is 2.75. The molecule has 5 nitrogen and oxygen atoms in total. The first-order valence-corrected chi connectivity index (χ1v) is 6.72. The summed E-state index contributed by atoms with van der Waals surface area (Å²) in [5.74, 6) is -0.794. The van der Waals surface area contributed by atoms with Crippen molar-refractivity contribution in [3.05, 3.63) is 21.9 Å². The molecule has 0 atom stereocenters. The Morgan fingerprint density at radius 3 is 2.83 bits per heavy atom. The number of carbonyl (C=O) groups is 1. The molecule has 18 heavy (non-hydrogen) atoms. The lowest BCUT2D eigenvalue weighted by Gasteiger charge is -2.03. The van der Waals surface area contributed by atoms with Crippen LogP contribution in [0.25, 0.3) is 0 Å². The summed E-state index contributed by atoms with van der Waals surface area (Å²) in [5.41, 5.74) is 0. The number of aliphatic hydroxyl groups excluding tert-OH is 1. The van der Waals surface area contributed by atoms with Gasteiger partial charge in [0.25, 0.3) is 0 Å². The van der Waals surface area contributed by atoms with Crippen LogP contribution in [0.15, 0.2) is 12.1 Å². The Hall–Kier alpha value is -0.950. The van der Waals surface area contributed by atoms with Crippen molar-refractivity contribution in [2.24, 2.45) is 0 Å². The number of ether oxygens (including phenoxy) is 1. The molecule has 1 aromatic heterocycles. The highest BCUT2D eigenvalue weighted by Crippen LogP contribution is 2.16. The molecular weight excluding hydrogens is 254 g/mol. The summed E-state index contributed by atoms with van der Waals surface area (Å²) in [6.45, 7) is 2.70. The number of aliphatic hydroxyl groups is 1. The van der Waals surface area contributed by atoms with Gasteiger partial charge in [-0.2, -0.15) is 0 Å². The van der Waals surface area contributed by atoms with Gasteiger partial charge in [0, 0.05) is 22.9 Å². The van der Waals surface area contributed by atoms with Crippen molar-refractivity contribution in [3.8, 4) is 0 Å². The second kappa shape index (κ2) is 9.04. The monoisotopic (exact) mass is 273 g/mol. The van der Waals surface area contributed by atoms with Crippen molar-refractivity contribution in [1.29, 1.82) is 0 Å². The predicted molar refractivity (Wildman–Crippen MR) is 69.9 cm³/mol. The van der Waals surface area contributed by atoms with Crippen LogP contribution in [-0.4, -0.2) is 42.5 Å². The van der Waals surface area contributed by atoms with Crippen LogP contribution in [-0.2, 0) is 22.5 Å². The number of carboxylic acid groups (broad SMARTS) is 1. The maximum absolute atomic E-state index is 10.5. The van der Waals surface area contributed by atoms with Crippen molar-refractivity contribution in [3.63, 3.8) is 0 Å². The lowest BCUT2D eigenvalue weighted by molar-refractivity contribution is -0.136. The van der Waals surface area contributed by atoms with Crippen LogP contribution < -0.4 is 5.32 Å². The summed E-state index contributed by atoms with van der Waals surface area (Å²) >= 11 is 1.53. The molecule has 0 aromatic carbocycles. The fourth-order valence-corrected chi connectivity index (χ4v) is 2.42. The number of rotatable bonds is 10. The van der Waals surface area contributed by atoms with Gasteiger partial charge in [-0.05, 0) is 25.1 Å². The topological polar surface area (TPSA) is 78.8 Å². The lowest BCUT2D eigenvalue weighted by Crippen LogP contribution is -2.16. The summed E-state index contributed by atoms with van der Waals surface area (Å²) in [5, 5.41) is 20.4. The van der Waals surface area contributed by atoms with E-state index in [1.807, 2.05) is 12.1 Å². The van der Waals surface area contributed by atoms with E-state index in [9.17, 15) is 4.79 Å². The van der Waals surface area contributed by atoms with Gasteiger partial charge in [-0.1, -0.05) is 0 Å². The van der Waals surface area contributed by atoms with E-state index in [2.05, 4.69) is 5.32 Å². The van der Waals surface area contributed by atoms with Crippen LogP contribution in [0.4, 0.5) is 0 Å². The largest absolute Gasteiger partial charge is 0.481 e. The van der Waals surface area contributed by atoms with Gasteiger partial charge < -0.3 is 20.3 Å². The van der Waals surface area contributed by atoms with E-state index in [1.54, 1.807) is 0 Å². The molecule has 0 aliphatic heterocycles.